The van der Waals surface area contributed by atoms with Gasteiger partial charge in [0.05, 0.1) is 30.9 Å². The minimum atomic E-state index is -0.436. The van der Waals surface area contributed by atoms with Gasteiger partial charge in [0.2, 0.25) is 5.91 Å². The lowest BCUT2D eigenvalue weighted by Crippen LogP contribution is -2.14. The second-order valence-corrected chi connectivity index (χ2v) is 7.97. The zero-order valence-electron chi connectivity index (χ0n) is 16.7. The van der Waals surface area contributed by atoms with Gasteiger partial charge in [-0.3, -0.25) is 4.79 Å². The molecule has 8 nitrogen and oxygen atoms in total. The van der Waals surface area contributed by atoms with E-state index in [2.05, 4.69) is 20.5 Å². The van der Waals surface area contributed by atoms with Crippen LogP contribution in [0.25, 0.3) is 11.3 Å². The molecule has 0 aliphatic heterocycles. The Morgan fingerprint density at radius 3 is 2.73 bits per heavy atom. The van der Waals surface area contributed by atoms with Gasteiger partial charge >= 0.3 is 5.97 Å². The maximum absolute atomic E-state index is 12.2. The van der Waals surface area contributed by atoms with Crippen molar-refractivity contribution in [3.05, 3.63) is 47.0 Å². The second kappa shape index (κ2) is 10.2. The Hall–Kier alpha value is -2.98. The number of benzene rings is 1. The summed E-state index contributed by atoms with van der Waals surface area (Å²) in [5, 5.41) is 12.1. The highest BCUT2D eigenvalue weighted by Crippen LogP contribution is 2.25. The predicted octanol–water partition coefficient (Wildman–Crippen LogP) is 3.82. The number of carbonyl (C=O) groups is 2. The number of nitrogens with one attached hydrogen (secondary N) is 1. The molecule has 0 saturated carbocycles. The molecule has 0 atom stereocenters. The van der Waals surface area contributed by atoms with Crippen LogP contribution in [0.4, 0.5) is 5.13 Å². The van der Waals surface area contributed by atoms with Crippen molar-refractivity contribution in [3.8, 4) is 17.0 Å². The molecule has 0 spiro atoms. The lowest BCUT2D eigenvalue weighted by Gasteiger charge is -2.05. The van der Waals surface area contributed by atoms with Crippen molar-refractivity contribution in [2.45, 2.75) is 18.9 Å². The van der Waals surface area contributed by atoms with Crippen LogP contribution in [0.15, 0.2) is 41.4 Å². The van der Waals surface area contributed by atoms with Crippen molar-refractivity contribution in [2.75, 3.05) is 24.8 Å². The summed E-state index contributed by atoms with van der Waals surface area (Å²) in [7, 11) is 1.61. The third-order valence-electron chi connectivity index (χ3n) is 3.86. The zero-order chi connectivity index (χ0) is 21.5. The van der Waals surface area contributed by atoms with E-state index in [-0.39, 0.29) is 18.3 Å². The standard InChI is InChI=1S/C20H20N4O4S2/c1-4-28-19(26)18-12(2)21-20(30-18)22-16(25)11-29-17-9-8-15(23-24-17)13-6-5-7-14(10-13)27-3/h5-10H,4,11H2,1-3H3,(H,21,22,25). The highest BCUT2D eigenvalue weighted by Gasteiger charge is 2.17. The predicted molar refractivity (Wildman–Crippen MR) is 116 cm³/mol. The van der Waals surface area contributed by atoms with Crippen molar-refractivity contribution in [3.63, 3.8) is 0 Å². The van der Waals surface area contributed by atoms with Gasteiger partial charge < -0.3 is 14.8 Å². The summed E-state index contributed by atoms with van der Waals surface area (Å²) >= 11 is 2.35. The molecule has 1 N–H and O–H groups in total. The number of thioether (sulfide) groups is 1. The summed E-state index contributed by atoms with van der Waals surface area (Å²) in [6, 6.07) is 11.2. The molecule has 1 amide bonds. The van der Waals surface area contributed by atoms with Crippen LogP contribution < -0.4 is 10.1 Å². The van der Waals surface area contributed by atoms with Crippen LogP contribution in [0, 0.1) is 6.92 Å². The van der Waals surface area contributed by atoms with E-state index in [1.807, 2.05) is 36.4 Å². The Balaban J connectivity index is 1.56. The van der Waals surface area contributed by atoms with Crippen LogP contribution in [0.3, 0.4) is 0 Å². The van der Waals surface area contributed by atoms with Crippen LogP contribution in [0.5, 0.6) is 5.75 Å². The highest BCUT2D eigenvalue weighted by molar-refractivity contribution is 7.99. The smallest absolute Gasteiger partial charge is 0.350 e. The molecule has 0 radical (unpaired) electrons. The summed E-state index contributed by atoms with van der Waals surface area (Å²) in [4.78, 5) is 28.7. The monoisotopic (exact) mass is 444 g/mol. The number of hydrogen-bond donors (Lipinski definition) is 1. The van der Waals surface area contributed by atoms with E-state index in [0.29, 0.717) is 26.4 Å². The van der Waals surface area contributed by atoms with Gasteiger partial charge in [0.25, 0.3) is 0 Å². The fourth-order valence-electron chi connectivity index (χ4n) is 2.46. The average Bonchev–Trinajstić information content (AvgIpc) is 3.13. The van der Waals surface area contributed by atoms with Crippen molar-refractivity contribution in [2.24, 2.45) is 0 Å². The third kappa shape index (κ3) is 5.55. The molecule has 0 saturated heterocycles. The van der Waals surface area contributed by atoms with Crippen LogP contribution in [0.1, 0.15) is 22.3 Å². The van der Waals surface area contributed by atoms with Gasteiger partial charge in [-0.25, -0.2) is 9.78 Å². The number of methoxy groups -OCH3 is 1. The fourth-order valence-corrected chi connectivity index (χ4v) is 3.95. The number of carbonyl (C=O) groups excluding carboxylic acids is 2. The van der Waals surface area contributed by atoms with Crippen molar-refractivity contribution < 1.29 is 19.1 Å². The first-order chi connectivity index (χ1) is 14.5. The molecule has 0 unspecified atom stereocenters. The number of thiazole rings is 1. The molecule has 0 bridgehead atoms. The Kier molecular flexibility index (Phi) is 7.36. The number of rotatable bonds is 8. The first-order valence-electron chi connectivity index (χ1n) is 9.05. The molecule has 2 heterocycles. The summed E-state index contributed by atoms with van der Waals surface area (Å²) in [6.07, 6.45) is 0. The summed E-state index contributed by atoms with van der Waals surface area (Å²) in [5.41, 5.74) is 2.14. The molecular weight excluding hydrogens is 424 g/mol. The normalized spacial score (nSPS) is 10.5. The third-order valence-corrected chi connectivity index (χ3v) is 5.83. The topological polar surface area (TPSA) is 103 Å². The van der Waals surface area contributed by atoms with E-state index in [1.165, 1.54) is 11.8 Å². The second-order valence-electron chi connectivity index (χ2n) is 5.98. The number of aryl methyl sites for hydroxylation is 1. The van der Waals surface area contributed by atoms with E-state index >= 15 is 0 Å². The average molecular weight is 445 g/mol. The number of hydrogen-bond acceptors (Lipinski definition) is 9. The maximum atomic E-state index is 12.2. The van der Waals surface area contributed by atoms with Gasteiger partial charge in [-0.15, -0.1) is 10.2 Å². The number of ether oxygens (including phenoxy) is 2. The number of anilines is 1. The van der Waals surface area contributed by atoms with Crippen molar-refractivity contribution in [1.29, 1.82) is 0 Å². The molecule has 2 aromatic heterocycles. The van der Waals surface area contributed by atoms with E-state index in [9.17, 15) is 9.59 Å². The van der Waals surface area contributed by atoms with Crippen molar-refractivity contribution in [1.82, 2.24) is 15.2 Å². The Morgan fingerprint density at radius 2 is 2.03 bits per heavy atom. The van der Waals surface area contributed by atoms with E-state index in [1.54, 1.807) is 21.0 Å². The van der Waals surface area contributed by atoms with Crippen LogP contribution in [-0.2, 0) is 9.53 Å². The van der Waals surface area contributed by atoms with Crippen molar-refractivity contribution >= 4 is 40.1 Å². The van der Waals surface area contributed by atoms with Gasteiger partial charge in [0, 0.05) is 5.56 Å². The molecule has 3 aromatic rings. The van der Waals surface area contributed by atoms with Gasteiger partial charge in [0.15, 0.2) is 5.13 Å². The minimum Gasteiger partial charge on any atom is -0.497 e. The molecule has 30 heavy (non-hydrogen) atoms. The maximum Gasteiger partial charge on any atom is 0.350 e. The first-order valence-corrected chi connectivity index (χ1v) is 10.9. The highest BCUT2D eigenvalue weighted by atomic mass is 32.2. The Bertz CT molecular complexity index is 1040. The quantitative estimate of drug-likeness (QED) is 0.413. The Morgan fingerprint density at radius 1 is 1.20 bits per heavy atom. The Labute approximate surface area is 182 Å². The van der Waals surface area contributed by atoms with Gasteiger partial charge in [-0.2, -0.15) is 0 Å². The fraction of sp³-hybridized carbons (Fsp3) is 0.250. The van der Waals surface area contributed by atoms with Gasteiger partial charge in [-0.1, -0.05) is 35.2 Å². The molecule has 10 heteroatoms. The lowest BCUT2D eigenvalue weighted by atomic mass is 10.1. The van der Waals surface area contributed by atoms with E-state index < -0.39 is 5.97 Å². The summed E-state index contributed by atoms with van der Waals surface area (Å²) < 4.78 is 10.2. The molecule has 0 aliphatic rings. The number of nitrogens with zero attached hydrogens (tertiary/aromatic N) is 3. The summed E-state index contributed by atoms with van der Waals surface area (Å²) in [6.45, 7) is 3.72. The minimum absolute atomic E-state index is 0.139. The number of aromatic nitrogens is 3. The van der Waals surface area contributed by atoms with E-state index in [4.69, 9.17) is 9.47 Å². The number of amides is 1. The SMILES string of the molecule is CCOC(=O)c1sc(NC(=O)CSc2ccc(-c3cccc(OC)c3)nn2)nc1C. The largest absolute Gasteiger partial charge is 0.497 e. The molecule has 1 aromatic carbocycles. The lowest BCUT2D eigenvalue weighted by molar-refractivity contribution is -0.113. The van der Waals surface area contributed by atoms with E-state index in [0.717, 1.165) is 22.6 Å². The molecule has 3 rings (SSSR count). The molecule has 0 aliphatic carbocycles. The van der Waals surface area contributed by atoms with Gasteiger partial charge in [0.1, 0.15) is 15.7 Å². The number of esters is 1. The molecule has 156 valence electrons. The van der Waals surface area contributed by atoms with Crippen LogP contribution in [-0.4, -0.2) is 46.5 Å². The molecular formula is C20H20N4O4S2. The first kappa shape index (κ1) is 21.7. The molecule has 0 fully saturated rings. The van der Waals surface area contributed by atoms with Crippen LogP contribution in [0.2, 0.25) is 0 Å². The van der Waals surface area contributed by atoms with Gasteiger partial charge in [-0.05, 0) is 38.1 Å². The summed E-state index contributed by atoms with van der Waals surface area (Å²) in [5.74, 6) is 0.199. The van der Waals surface area contributed by atoms with Crippen LogP contribution >= 0.6 is 23.1 Å². The zero-order valence-corrected chi connectivity index (χ0v) is 18.3.